The average molecular weight is 206 g/mol. The largest absolute Gasteiger partial charge is 0.472 e. The molecule has 2 nitrogen and oxygen atoms in total. The van der Waals surface area contributed by atoms with Crippen molar-refractivity contribution < 1.29 is 9.21 Å². The van der Waals surface area contributed by atoms with E-state index in [4.69, 9.17) is 4.42 Å². The molecule has 0 aromatic carbocycles. The van der Waals surface area contributed by atoms with Crippen LogP contribution in [0.1, 0.15) is 49.9 Å². The Morgan fingerprint density at radius 1 is 1.47 bits per heavy atom. The van der Waals surface area contributed by atoms with E-state index in [2.05, 4.69) is 13.8 Å². The molecule has 1 saturated carbocycles. The normalized spacial score (nSPS) is 25.1. The van der Waals surface area contributed by atoms with E-state index in [0.29, 0.717) is 0 Å². The van der Waals surface area contributed by atoms with Crippen molar-refractivity contribution in [1.82, 2.24) is 0 Å². The summed E-state index contributed by atoms with van der Waals surface area (Å²) in [6, 6.07) is 1.77. The lowest BCUT2D eigenvalue weighted by atomic mass is 9.66. The smallest absolute Gasteiger partial charge is 0.169 e. The lowest BCUT2D eigenvalue weighted by Crippen LogP contribution is -2.33. The Hall–Kier alpha value is -1.05. The molecule has 0 N–H and O–H groups in total. The molecule has 1 aromatic rings. The number of carbonyl (C=O) groups excluding carboxylic acids is 1. The molecule has 0 amide bonds. The molecule has 1 atom stereocenters. The molecule has 1 heterocycles. The molecule has 0 aliphatic heterocycles. The van der Waals surface area contributed by atoms with E-state index >= 15 is 0 Å². The molecule has 1 fully saturated rings. The van der Waals surface area contributed by atoms with Gasteiger partial charge in [0.25, 0.3) is 0 Å². The van der Waals surface area contributed by atoms with Crippen LogP contribution in [-0.2, 0) is 0 Å². The second-order valence-corrected chi connectivity index (χ2v) is 5.16. The van der Waals surface area contributed by atoms with E-state index in [0.717, 1.165) is 18.4 Å². The van der Waals surface area contributed by atoms with Crippen LogP contribution >= 0.6 is 0 Å². The first-order chi connectivity index (χ1) is 7.11. The number of carbonyl (C=O) groups is 1. The third-order valence-corrected chi connectivity index (χ3v) is 3.63. The Kier molecular flexibility index (Phi) is 2.68. The monoisotopic (exact) mass is 206 g/mol. The zero-order chi connectivity index (χ0) is 10.9. The Morgan fingerprint density at radius 3 is 2.87 bits per heavy atom. The maximum Gasteiger partial charge on any atom is 0.169 e. The van der Waals surface area contributed by atoms with Gasteiger partial charge in [0.2, 0.25) is 0 Å². The first-order valence-electron chi connectivity index (χ1n) is 5.68. The number of Topliss-reactive ketones (excluding diaryl/α,β-unsaturated/α-hetero) is 1. The van der Waals surface area contributed by atoms with Crippen LogP contribution in [0, 0.1) is 11.3 Å². The molecule has 0 spiro atoms. The molecular weight excluding hydrogens is 188 g/mol. The molecule has 82 valence electrons. The first kappa shape index (κ1) is 10.5. The molecule has 1 aliphatic rings. The van der Waals surface area contributed by atoms with Crippen LogP contribution in [0.2, 0.25) is 0 Å². The minimum absolute atomic E-state index is 0.145. The quantitative estimate of drug-likeness (QED) is 0.691. The maximum atomic E-state index is 12.2. The van der Waals surface area contributed by atoms with Gasteiger partial charge in [-0.2, -0.15) is 0 Å². The van der Waals surface area contributed by atoms with E-state index in [1.54, 1.807) is 18.6 Å². The van der Waals surface area contributed by atoms with Gasteiger partial charge in [0.15, 0.2) is 5.78 Å². The van der Waals surface area contributed by atoms with Gasteiger partial charge in [-0.15, -0.1) is 0 Å². The van der Waals surface area contributed by atoms with Crippen LogP contribution in [0.15, 0.2) is 23.0 Å². The van der Waals surface area contributed by atoms with Crippen molar-refractivity contribution in [3.63, 3.8) is 0 Å². The third kappa shape index (κ3) is 1.99. The lowest BCUT2D eigenvalue weighted by Gasteiger charge is -2.37. The van der Waals surface area contributed by atoms with E-state index < -0.39 is 0 Å². The molecule has 0 saturated heterocycles. The highest BCUT2D eigenvalue weighted by Crippen LogP contribution is 2.42. The lowest BCUT2D eigenvalue weighted by molar-refractivity contribution is 0.0697. The molecule has 1 unspecified atom stereocenters. The Morgan fingerprint density at radius 2 is 2.27 bits per heavy atom. The van der Waals surface area contributed by atoms with Gasteiger partial charge in [-0.3, -0.25) is 4.79 Å². The van der Waals surface area contributed by atoms with Gasteiger partial charge in [-0.25, -0.2) is 0 Å². The summed E-state index contributed by atoms with van der Waals surface area (Å²) >= 11 is 0. The van der Waals surface area contributed by atoms with Gasteiger partial charge in [0, 0.05) is 5.92 Å². The minimum atomic E-state index is 0.145. The standard InChI is InChI=1S/C13H18O2/c1-13(2)7-4-3-5-11(13)12(14)10-6-8-15-9-10/h6,8-9,11H,3-5,7H2,1-2H3. The van der Waals surface area contributed by atoms with Crippen molar-refractivity contribution in [2.45, 2.75) is 39.5 Å². The summed E-state index contributed by atoms with van der Waals surface area (Å²) in [5, 5.41) is 0. The van der Waals surface area contributed by atoms with Crippen molar-refractivity contribution in [2.24, 2.45) is 11.3 Å². The summed E-state index contributed by atoms with van der Waals surface area (Å²) in [5.41, 5.74) is 0.877. The molecule has 1 aromatic heterocycles. The second kappa shape index (κ2) is 3.84. The highest BCUT2D eigenvalue weighted by Gasteiger charge is 2.37. The van der Waals surface area contributed by atoms with Crippen LogP contribution in [0.4, 0.5) is 0 Å². The van der Waals surface area contributed by atoms with Crippen molar-refractivity contribution in [3.05, 3.63) is 24.2 Å². The van der Waals surface area contributed by atoms with Crippen LogP contribution in [0.5, 0.6) is 0 Å². The number of hydrogen-bond acceptors (Lipinski definition) is 2. The van der Waals surface area contributed by atoms with E-state index in [9.17, 15) is 4.79 Å². The molecule has 15 heavy (non-hydrogen) atoms. The molecule has 1 aliphatic carbocycles. The third-order valence-electron chi connectivity index (χ3n) is 3.63. The molecule has 0 bridgehead atoms. The zero-order valence-corrected chi connectivity index (χ0v) is 9.45. The first-order valence-corrected chi connectivity index (χ1v) is 5.68. The summed E-state index contributed by atoms with van der Waals surface area (Å²) in [4.78, 5) is 12.2. The van der Waals surface area contributed by atoms with Crippen molar-refractivity contribution in [1.29, 1.82) is 0 Å². The number of rotatable bonds is 2. The topological polar surface area (TPSA) is 30.2 Å². The SMILES string of the molecule is CC1(C)CCCCC1C(=O)c1ccoc1. The Labute approximate surface area is 90.7 Å². The average Bonchev–Trinajstić information content (AvgIpc) is 2.69. The molecule has 0 radical (unpaired) electrons. The highest BCUT2D eigenvalue weighted by molar-refractivity contribution is 5.98. The van der Waals surface area contributed by atoms with E-state index in [1.165, 1.54) is 12.8 Å². The summed E-state index contributed by atoms with van der Waals surface area (Å²) in [6.07, 6.45) is 7.74. The Balaban J connectivity index is 2.19. The van der Waals surface area contributed by atoms with Gasteiger partial charge in [-0.1, -0.05) is 26.7 Å². The van der Waals surface area contributed by atoms with Gasteiger partial charge in [-0.05, 0) is 24.3 Å². The molecular formula is C13H18O2. The maximum absolute atomic E-state index is 12.2. The fraction of sp³-hybridized carbons (Fsp3) is 0.615. The number of ketones is 1. The number of furan rings is 1. The van der Waals surface area contributed by atoms with Crippen molar-refractivity contribution in [3.8, 4) is 0 Å². The summed E-state index contributed by atoms with van der Waals surface area (Å²) in [7, 11) is 0. The van der Waals surface area contributed by atoms with Crippen LogP contribution < -0.4 is 0 Å². The van der Waals surface area contributed by atoms with Crippen LogP contribution in [0.3, 0.4) is 0 Å². The molecule has 2 heteroatoms. The van der Waals surface area contributed by atoms with Gasteiger partial charge < -0.3 is 4.42 Å². The Bertz CT molecular complexity index is 335. The minimum Gasteiger partial charge on any atom is -0.472 e. The predicted molar refractivity (Wildman–Crippen MR) is 58.8 cm³/mol. The van der Waals surface area contributed by atoms with E-state index in [1.807, 2.05) is 0 Å². The summed E-state index contributed by atoms with van der Waals surface area (Å²) in [5.74, 6) is 0.428. The fourth-order valence-corrected chi connectivity index (χ4v) is 2.59. The van der Waals surface area contributed by atoms with Gasteiger partial charge in [0.05, 0.1) is 11.8 Å². The summed E-state index contributed by atoms with van der Waals surface area (Å²) in [6.45, 7) is 4.41. The van der Waals surface area contributed by atoms with Gasteiger partial charge in [0.1, 0.15) is 6.26 Å². The molecule has 2 rings (SSSR count). The van der Waals surface area contributed by atoms with Crippen molar-refractivity contribution in [2.75, 3.05) is 0 Å². The predicted octanol–water partition coefficient (Wildman–Crippen LogP) is 3.68. The second-order valence-electron chi connectivity index (χ2n) is 5.16. The summed E-state index contributed by atoms with van der Waals surface area (Å²) < 4.78 is 4.97. The van der Waals surface area contributed by atoms with E-state index in [-0.39, 0.29) is 17.1 Å². The van der Waals surface area contributed by atoms with Crippen LogP contribution in [0.25, 0.3) is 0 Å². The highest BCUT2D eigenvalue weighted by atomic mass is 16.3. The van der Waals surface area contributed by atoms with Gasteiger partial charge >= 0.3 is 0 Å². The number of hydrogen-bond donors (Lipinski definition) is 0. The van der Waals surface area contributed by atoms with Crippen molar-refractivity contribution >= 4 is 5.78 Å². The van der Waals surface area contributed by atoms with Crippen LogP contribution in [-0.4, -0.2) is 5.78 Å². The fourth-order valence-electron chi connectivity index (χ4n) is 2.59. The zero-order valence-electron chi connectivity index (χ0n) is 9.45.